The molecule has 0 bridgehead atoms. The highest BCUT2D eigenvalue weighted by Gasteiger charge is 2.08. The van der Waals surface area contributed by atoms with E-state index in [2.05, 4.69) is 10.1 Å². The topological polar surface area (TPSA) is 38.3 Å². The summed E-state index contributed by atoms with van der Waals surface area (Å²) in [4.78, 5) is 10.9. The van der Waals surface area contributed by atoms with Gasteiger partial charge in [-0.1, -0.05) is 0 Å². The minimum Gasteiger partial charge on any atom is -0.469 e. The number of carbonyl (C=O) groups is 1. The van der Waals surface area contributed by atoms with Crippen LogP contribution in [-0.4, -0.2) is 19.1 Å². The summed E-state index contributed by atoms with van der Waals surface area (Å²) in [5.41, 5.74) is 1.06. The molecule has 0 aromatic carbocycles. The molecule has 4 heteroatoms. The number of carbonyl (C=O) groups excluding carboxylic acids is 1. The van der Waals surface area contributed by atoms with Crippen molar-refractivity contribution in [1.29, 1.82) is 0 Å². The maximum atomic E-state index is 10.9. The lowest BCUT2D eigenvalue weighted by molar-refractivity contribution is -0.140. The number of esters is 1. The molecule has 0 amide bonds. The highest BCUT2D eigenvalue weighted by Crippen LogP contribution is 2.13. The van der Waals surface area contributed by atoms with Gasteiger partial charge in [-0.2, -0.15) is 11.3 Å². The fourth-order valence-corrected chi connectivity index (χ4v) is 1.61. The predicted octanol–water partition coefficient (Wildman–Crippen LogP) is 2.11. The third-order valence-electron chi connectivity index (χ3n) is 1.63. The Balaban J connectivity index is 2.33. The molecule has 72 valence electrons. The Morgan fingerprint density at radius 3 is 3.08 bits per heavy atom. The first-order chi connectivity index (χ1) is 6.22. The summed E-state index contributed by atoms with van der Waals surface area (Å²) in [6, 6.07) is 2.10. The third-order valence-corrected chi connectivity index (χ3v) is 2.32. The normalized spacial score (nSPS) is 12.2. The molecule has 0 radical (unpaired) electrons. The first kappa shape index (κ1) is 10.1. The zero-order chi connectivity index (χ0) is 9.68. The zero-order valence-electron chi connectivity index (χ0n) is 7.74. The molecule has 1 N–H and O–H groups in total. The van der Waals surface area contributed by atoms with E-state index in [0.29, 0.717) is 6.42 Å². The maximum Gasteiger partial charge on any atom is 0.307 e. The lowest BCUT2D eigenvalue weighted by Crippen LogP contribution is -2.19. The van der Waals surface area contributed by atoms with Crippen LogP contribution >= 0.6 is 11.3 Å². The van der Waals surface area contributed by atoms with E-state index in [4.69, 9.17) is 0 Å². The first-order valence-corrected chi connectivity index (χ1v) is 5.02. The number of hydrogen-bond donors (Lipinski definition) is 1. The molecule has 0 aliphatic heterocycles. The molecule has 1 rings (SSSR count). The van der Waals surface area contributed by atoms with E-state index in [1.807, 2.05) is 23.8 Å². The average molecular weight is 199 g/mol. The van der Waals surface area contributed by atoms with Crippen molar-refractivity contribution in [2.24, 2.45) is 0 Å². The first-order valence-electron chi connectivity index (χ1n) is 4.08. The Bertz CT molecular complexity index is 259. The maximum absolute atomic E-state index is 10.9. The van der Waals surface area contributed by atoms with Crippen LogP contribution in [0.1, 0.15) is 13.3 Å². The number of anilines is 1. The molecule has 13 heavy (non-hydrogen) atoms. The largest absolute Gasteiger partial charge is 0.469 e. The number of methoxy groups -OCH3 is 1. The Morgan fingerprint density at radius 1 is 1.77 bits per heavy atom. The van der Waals surface area contributed by atoms with Gasteiger partial charge in [-0.15, -0.1) is 0 Å². The highest BCUT2D eigenvalue weighted by atomic mass is 32.1. The van der Waals surface area contributed by atoms with Crippen LogP contribution in [-0.2, 0) is 9.53 Å². The third kappa shape index (κ3) is 3.46. The van der Waals surface area contributed by atoms with Crippen molar-refractivity contribution in [2.75, 3.05) is 12.4 Å². The molecule has 0 fully saturated rings. The minimum absolute atomic E-state index is 0.113. The van der Waals surface area contributed by atoms with Crippen LogP contribution < -0.4 is 5.32 Å². The highest BCUT2D eigenvalue weighted by molar-refractivity contribution is 7.08. The molecule has 0 aliphatic carbocycles. The summed E-state index contributed by atoms with van der Waals surface area (Å²) in [6.07, 6.45) is 0.395. The van der Waals surface area contributed by atoms with E-state index in [9.17, 15) is 4.79 Å². The molecule has 1 aromatic heterocycles. The minimum atomic E-state index is -0.185. The zero-order valence-corrected chi connectivity index (χ0v) is 8.56. The van der Waals surface area contributed by atoms with Gasteiger partial charge < -0.3 is 10.1 Å². The van der Waals surface area contributed by atoms with Crippen molar-refractivity contribution in [1.82, 2.24) is 0 Å². The van der Waals surface area contributed by atoms with E-state index < -0.39 is 0 Å². The molecule has 0 aliphatic rings. The fourth-order valence-electron chi connectivity index (χ4n) is 1.02. The average Bonchev–Trinajstić information content (AvgIpc) is 2.56. The molecule has 1 atom stereocenters. The van der Waals surface area contributed by atoms with Gasteiger partial charge in [0.2, 0.25) is 0 Å². The lowest BCUT2D eigenvalue weighted by Gasteiger charge is -2.11. The summed E-state index contributed by atoms with van der Waals surface area (Å²) < 4.78 is 4.56. The van der Waals surface area contributed by atoms with Gasteiger partial charge in [-0.05, 0) is 18.4 Å². The fraction of sp³-hybridized carbons (Fsp3) is 0.444. The Hall–Kier alpha value is -1.03. The van der Waals surface area contributed by atoms with Crippen molar-refractivity contribution >= 4 is 23.0 Å². The number of rotatable bonds is 4. The van der Waals surface area contributed by atoms with E-state index in [-0.39, 0.29) is 12.0 Å². The SMILES string of the molecule is COC(=O)CC(C)Nc1ccsc1. The van der Waals surface area contributed by atoms with Gasteiger partial charge in [0, 0.05) is 17.1 Å². The number of hydrogen-bond acceptors (Lipinski definition) is 4. The molecular formula is C9H13NO2S. The Kier molecular flexibility index (Phi) is 3.76. The van der Waals surface area contributed by atoms with Gasteiger partial charge in [-0.25, -0.2) is 0 Å². The number of nitrogens with one attached hydrogen (secondary N) is 1. The monoisotopic (exact) mass is 199 g/mol. The van der Waals surface area contributed by atoms with Crippen LogP contribution in [0.15, 0.2) is 16.8 Å². The lowest BCUT2D eigenvalue weighted by atomic mass is 10.2. The van der Waals surface area contributed by atoms with E-state index in [0.717, 1.165) is 5.69 Å². The van der Waals surface area contributed by atoms with Gasteiger partial charge in [0.15, 0.2) is 0 Å². The van der Waals surface area contributed by atoms with Crippen LogP contribution in [0.25, 0.3) is 0 Å². The smallest absolute Gasteiger partial charge is 0.307 e. The summed E-state index contributed by atoms with van der Waals surface area (Å²) in [7, 11) is 1.40. The molecule has 0 saturated heterocycles. The molecule has 1 unspecified atom stereocenters. The van der Waals surface area contributed by atoms with Crippen LogP contribution in [0.5, 0.6) is 0 Å². The van der Waals surface area contributed by atoms with Gasteiger partial charge >= 0.3 is 5.97 Å². The molecule has 0 spiro atoms. The molecule has 0 saturated carbocycles. The molecule has 1 aromatic rings. The van der Waals surface area contributed by atoms with Crippen LogP contribution in [0, 0.1) is 0 Å². The van der Waals surface area contributed by atoms with Gasteiger partial charge in [-0.3, -0.25) is 4.79 Å². The quantitative estimate of drug-likeness (QED) is 0.755. The van der Waals surface area contributed by atoms with Crippen molar-refractivity contribution in [3.63, 3.8) is 0 Å². The van der Waals surface area contributed by atoms with Crippen LogP contribution in [0.2, 0.25) is 0 Å². The molecule has 1 heterocycles. The van der Waals surface area contributed by atoms with Gasteiger partial charge in [0.25, 0.3) is 0 Å². The molecular weight excluding hydrogens is 186 g/mol. The summed E-state index contributed by atoms with van der Waals surface area (Å²) >= 11 is 1.63. The van der Waals surface area contributed by atoms with Crippen molar-refractivity contribution in [3.05, 3.63) is 16.8 Å². The second-order valence-corrected chi connectivity index (χ2v) is 3.62. The van der Waals surface area contributed by atoms with Crippen molar-refractivity contribution in [2.45, 2.75) is 19.4 Å². The van der Waals surface area contributed by atoms with Crippen molar-refractivity contribution in [3.8, 4) is 0 Å². The van der Waals surface area contributed by atoms with E-state index in [1.54, 1.807) is 11.3 Å². The van der Waals surface area contributed by atoms with Gasteiger partial charge in [0.05, 0.1) is 13.5 Å². The number of ether oxygens (including phenoxy) is 1. The van der Waals surface area contributed by atoms with Crippen LogP contribution in [0.3, 0.4) is 0 Å². The Labute approximate surface area is 81.7 Å². The van der Waals surface area contributed by atoms with Gasteiger partial charge in [0.1, 0.15) is 0 Å². The summed E-state index contributed by atoms with van der Waals surface area (Å²) in [6.45, 7) is 1.95. The molecule has 3 nitrogen and oxygen atoms in total. The van der Waals surface area contributed by atoms with Crippen molar-refractivity contribution < 1.29 is 9.53 Å². The second-order valence-electron chi connectivity index (χ2n) is 2.84. The second kappa shape index (κ2) is 4.87. The number of thiophene rings is 1. The predicted molar refractivity (Wildman–Crippen MR) is 54.0 cm³/mol. The van der Waals surface area contributed by atoms with E-state index in [1.165, 1.54) is 7.11 Å². The van der Waals surface area contributed by atoms with Crippen LogP contribution in [0.4, 0.5) is 5.69 Å². The summed E-state index contributed by atoms with van der Waals surface area (Å²) in [5.74, 6) is -0.185. The summed E-state index contributed by atoms with van der Waals surface area (Å²) in [5, 5.41) is 7.20. The Morgan fingerprint density at radius 2 is 2.54 bits per heavy atom. The standard InChI is InChI=1S/C9H13NO2S/c1-7(5-9(11)12-2)10-8-3-4-13-6-8/h3-4,6-7,10H,5H2,1-2H3. The van der Waals surface area contributed by atoms with E-state index >= 15 is 0 Å².